The monoisotopic (exact) mass is 543 g/mol. The minimum absolute atomic E-state index is 0.0614. The summed E-state index contributed by atoms with van der Waals surface area (Å²) in [5.41, 5.74) is 1.82. The normalized spacial score (nSPS) is 14.5. The van der Waals surface area contributed by atoms with Gasteiger partial charge in [0.25, 0.3) is 5.91 Å². The van der Waals surface area contributed by atoms with Gasteiger partial charge >= 0.3 is 6.18 Å². The van der Waals surface area contributed by atoms with Gasteiger partial charge in [-0.3, -0.25) is 9.69 Å². The van der Waals surface area contributed by atoms with Crippen molar-refractivity contribution in [2.45, 2.75) is 19.6 Å². The number of aromatic nitrogens is 2. The van der Waals surface area contributed by atoms with Gasteiger partial charge in [0.1, 0.15) is 5.69 Å². The number of amides is 1. The average molecular weight is 544 g/mol. The summed E-state index contributed by atoms with van der Waals surface area (Å²) in [5, 5.41) is 12.7. The summed E-state index contributed by atoms with van der Waals surface area (Å²) >= 11 is 0. The fourth-order valence-electron chi connectivity index (χ4n) is 4.65. The molecule has 204 valence electrons. The molecule has 40 heavy (non-hydrogen) atoms. The van der Waals surface area contributed by atoms with Crippen LogP contribution in [0.25, 0.3) is 10.8 Å². The summed E-state index contributed by atoms with van der Waals surface area (Å²) in [6.07, 6.45) is -2.90. The van der Waals surface area contributed by atoms with Crippen LogP contribution in [0.2, 0.25) is 0 Å². The molecule has 1 amide bonds. The van der Waals surface area contributed by atoms with Gasteiger partial charge < -0.3 is 10.2 Å². The molecule has 0 spiro atoms. The van der Waals surface area contributed by atoms with Crippen LogP contribution in [0, 0.1) is 18.8 Å². The van der Waals surface area contributed by atoms with Crippen LogP contribution in [-0.2, 0) is 12.7 Å². The number of halogens is 3. The van der Waals surface area contributed by atoms with Gasteiger partial charge in [-0.2, -0.15) is 18.3 Å². The second-order valence-electron chi connectivity index (χ2n) is 9.96. The molecule has 6 nitrogen and oxygen atoms in total. The molecule has 2 heterocycles. The van der Waals surface area contributed by atoms with Crippen molar-refractivity contribution in [3.63, 3.8) is 0 Å². The molecule has 0 saturated carbocycles. The van der Waals surface area contributed by atoms with Crippen molar-refractivity contribution in [3.8, 4) is 11.8 Å². The second kappa shape index (κ2) is 11.5. The third-order valence-electron chi connectivity index (χ3n) is 7.05. The summed E-state index contributed by atoms with van der Waals surface area (Å²) < 4.78 is 41.9. The van der Waals surface area contributed by atoms with Gasteiger partial charge in [-0.15, -0.1) is 5.10 Å². The number of carbonyl (C=O) groups excluding carboxylic acids is 1. The maximum atomic E-state index is 14.0. The maximum Gasteiger partial charge on any atom is 0.416 e. The van der Waals surface area contributed by atoms with Gasteiger partial charge in [-0.1, -0.05) is 42.3 Å². The molecule has 1 aromatic heterocycles. The highest BCUT2D eigenvalue weighted by atomic mass is 19.4. The van der Waals surface area contributed by atoms with E-state index in [0.717, 1.165) is 35.5 Å². The van der Waals surface area contributed by atoms with E-state index in [9.17, 15) is 18.0 Å². The highest BCUT2D eigenvalue weighted by Crippen LogP contribution is 2.34. The number of aryl methyl sites for hydroxylation is 1. The smallest absolute Gasteiger partial charge is 0.322 e. The third kappa shape index (κ3) is 6.30. The van der Waals surface area contributed by atoms with E-state index in [0.29, 0.717) is 30.0 Å². The molecule has 1 N–H and O–H groups in total. The molecule has 9 heteroatoms. The van der Waals surface area contributed by atoms with Crippen LogP contribution in [0.5, 0.6) is 0 Å². The number of rotatable bonds is 4. The zero-order valence-electron chi connectivity index (χ0n) is 22.2. The molecule has 0 atom stereocenters. The van der Waals surface area contributed by atoms with E-state index in [1.54, 1.807) is 24.4 Å². The molecule has 0 bridgehead atoms. The van der Waals surface area contributed by atoms with Crippen LogP contribution < -0.4 is 5.32 Å². The number of piperazine rings is 1. The van der Waals surface area contributed by atoms with Crippen molar-refractivity contribution >= 4 is 22.4 Å². The van der Waals surface area contributed by atoms with Crippen molar-refractivity contribution in [2.24, 2.45) is 0 Å². The van der Waals surface area contributed by atoms with Crippen LogP contribution in [-0.4, -0.2) is 59.1 Å². The molecule has 0 aliphatic carbocycles. The first-order chi connectivity index (χ1) is 19.2. The largest absolute Gasteiger partial charge is 0.416 e. The first-order valence-corrected chi connectivity index (χ1v) is 12.9. The second-order valence-corrected chi connectivity index (χ2v) is 9.96. The van der Waals surface area contributed by atoms with Crippen LogP contribution in [0.3, 0.4) is 0 Å². The molecule has 1 aliphatic rings. The number of nitrogens with zero attached hydrogens (tertiary/aromatic N) is 4. The van der Waals surface area contributed by atoms with Gasteiger partial charge in [0, 0.05) is 60.3 Å². The van der Waals surface area contributed by atoms with E-state index in [1.165, 1.54) is 12.1 Å². The minimum Gasteiger partial charge on any atom is -0.322 e. The van der Waals surface area contributed by atoms with Crippen molar-refractivity contribution in [2.75, 3.05) is 38.5 Å². The Morgan fingerprint density at radius 2 is 1.77 bits per heavy atom. The number of hydrogen-bond acceptors (Lipinski definition) is 5. The number of benzene rings is 3. The number of carbonyl (C=O) groups is 1. The summed E-state index contributed by atoms with van der Waals surface area (Å²) in [4.78, 5) is 17.2. The van der Waals surface area contributed by atoms with Crippen molar-refractivity contribution in [3.05, 3.63) is 100 Å². The molecular weight excluding hydrogens is 515 g/mol. The number of anilines is 1. The highest BCUT2D eigenvalue weighted by Gasteiger charge is 2.34. The molecule has 0 unspecified atom stereocenters. The minimum atomic E-state index is -4.57. The summed E-state index contributed by atoms with van der Waals surface area (Å²) in [5.74, 6) is 5.52. The number of alkyl halides is 3. The topological polar surface area (TPSA) is 61.4 Å². The predicted octanol–water partition coefficient (Wildman–Crippen LogP) is 5.36. The van der Waals surface area contributed by atoms with E-state index >= 15 is 0 Å². The maximum absolute atomic E-state index is 14.0. The molecule has 0 radical (unpaired) electrons. The molecule has 1 aliphatic heterocycles. The Balaban J connectivity index is 1.36. The Morgan fingerprint density at radius 1 is 1.00 bits per heavy atom. The average Bonchev–Trinajstić information content (AvgIpc) is 2.94. The molecule has 4 aromatic rings. The zero-order chi connectivity index (χ0) is 28.3. The van der Waals surface area contributed by atoms with Gasteiger partial charge in [-0.25, -0.2) is 0 Å². The zero-order valence-corrected chi connectivity index (χ0v) is 22.2. The summed E-state index contributed by atoms with van der Waals surface area (Å²) in [6.45, 7) is 5.08. The van der Waals surface area contributed by atoms with Crippen LogP contribution >= 0.6 is 0 Å². The van der Waals surface area contributed by atoms with Crippen molar-refractivity contribution in [1.29, 1.82) is 0 Å². The standard InChI is InChI=1S/C31H28F3N5O/c1-21-7-11-26(17-22(21)10-12-29-27-6-4-3-5-24(27)19-35-37-29)36-30(40)23-8-9-25(28(18-23)31(32,33)34)20-39-15-13-38(2)14-16-39/h3-9,11,17-19H,13-16,20H2,1-2H3,(H,36,40). The molecule has 1 fully saturated rings. The molecule has 1 saturated heterocycles. The Morgan fingerprint density at radius 3 is 2.55 bits per heavy atom. The van der Waals surface area contributed by atoms with E-state index in [1.807, 2.05) is 43.1 Å². The molecule has 3 aromatic carbocycles. The van der Waals surface area contributed by atoms with E-state index in [4.69, 9.17) is 0 Å². The fourth-order valence-corrected chi connectivity index (χ4v) is 4.65. The first kappa shape index (κ1) is 27.3. The molecular formula is C31H28F3N5O. The van der Waals surface area contributed by atoms with E-state index < -0.39 is 17.6 Å². The van der Waals surface area contributed by atoms with Gasteiger partial charge in [0.05, 0.1) is 11.8 Å². The van der Waals surface area contributed by atoms with Crippen molar-refractivity contribution in [1.82, 2.24) is 20.0 Å². The lowest BCUT2D eigenvalue weighted by atomic mass is 10.0. The quantitative estimate of drug-likeness (QED) is 0.352. The number of fused-ring (bicyclic) bond motifs is 1. The van der Waals surface area contributed by atoms with Crippen LogP contribution in [0.15, 0.2) is 66.9 Å². The lowest BCUT2D eigenvalue weighted by Gasteiger charge is -2.33. The number of likely N-dealkylation sites (N-methyl/N-ethyl adjacent to an activating group) is 1. The molecule has 5 rings (SSSR count). The van der Waals surface area contributed by atoms with E-state index in [-0.39, 0.29) is 17.7 Å². The predicted molar refractivity (Wildman–Crippen MR) is 149 cm³/mol. The first-order valence-electron chi connectivity index (χ1n) is 12.9. The van der Waals surface area contributed by atoms with Gasteiger partial charge in [0.2, 0.25) is 0 Å². The van der Waals surface area contributed by atoms with E-state index in [2.05, 4.69) is 32.3 Å². The van der Waals surface area contributed by atoms with Crippen LogP contribution in [0.4, 0.5) is 18.9 Å². The Labute approximate surface area is 230 Å². The fraction of sp³-hybridized carbons (Fsp3) is 0.258. The van der Waals surface area contributed by atoms with Crippen molar-refractivity contribution < 1.29 is 18.0 Å². The SMILES string of the molecule is Cc1ccc(NC(=O)c2ccc(CN3CCN(C)CC3)c(C(F)(F)F)c2)cc1C#Cc1nncc2ccccc12. The Bertz CT molecular complexity index is 1610. The number of nitrogens with one attached hydrogen (secondary N) is 1. The third-order valence-corrected chi connectivity index (χ3v) is 7.05. The number of hydrogen-bond donors (Lipinski definition) is 1. The lowest BCUT2D eigenvalue weighted by molar-refractivity contribution is -0.138. The van der Waals surface area contributed by atoms with Crippen LogP contribution in [0.1, 0.15) is 38.3 Å². The van der Waals surface area contributed by atoms with Gasteiger partial charge in [0.15, 0.2) is 0 Å². The lowest BCUT2D eigenvalue weighted by Crippen LogP contribution is -2.44. The highest BCUT2D eigenvalue weighted by molar-refractivity contribution is 6.04. The Kier molecular flexibility index (Phi) is 7.83. The summed E-state index contributed by atoms with van der Waals surface area (Å²) in [7, 11) is 2.00. The summed E-state index contributed by atoms with van der Waals surface area (Å²) in [6, 6.07) is 16.7. The van der Waals surface area contributed by atoms with Gasteiger partial charge in [-0.05, 0) is 55.3 Å². The Hall–Kier alpha value is -4.26.